The van der Waals surface area contributed by atoms with E-state index in [0.29, 0.717) is 44.1 Å². The molecule has 1 amide bonds. The van der Waals surface area contributed by atoms with Crippen LogP contribution in [0.15, 0.2) is 54.0 Å². The fourth-order valence-corrected chi connectivity index (χ4v) is 5.14. The Morgan fingerprint density at radius 1 is 1.14 bits per heavy atom. The van der Waals surface area contributed by atoms with E-state index in [-0.39, 0.29) is 17.3 Å². The first-order valence-corrected chi connectivity index (χ1v) is 12.1. The average molecular weight is 491 g/mol. The lowest BCUT2D eigenvalue weighted by Gasteiger charge is -2.17. The van der Waals surface area contributed by atoms with Crippen molar-refractivity contribution in [3.8, 4) is 22.6 Å². The van der Waals surface area contributed by atoms with Crippen LogP contribution in [0.5, 0.6) is 11.5 Å². The third-order valence-corrected chi connectivity index (χ3v) is 6.94. The molecule has 0 bridgehead atoms. The molecule has 0 aliphatic rings. The summed E-state index contributed by atoms with van der Waals surface area (Å²) in [6, 6.07) is 10.4. The number of amides is 1. The number of carbonyl (C=O) groups is 1. The van der Waals surface area contributed by atoms with Crippen LogP contribution in [0, 0.1) is 19.7 Å². The standard InChI is InChI=1S/C28H27FN2O3S/c1-7-30-27(32)24-13-21-22(14-31(6)28(33)26(21)35-24)20-12-18(15(2)3)8-9-23(20)34-25-16(4)10-19(29)11-17(25)5/h8-14H,2,7H2,1,3-6H3,(H,30,32). The van der Waals surface area contributed by atoms with Crippen molar-refractivity contribution in [2.24, 2.45) is 7.05 Å². The van der Waals surface area contributed by atoms with Crippen LogP contribution in [-0.2, 0) is 7.05 Å². The summed E-state index contributed by atoms with van der Waals surface area (Å²) in [4.78, 5) is 25.9. The molecule has 35 heavy (non-hydrogen) atoms. The van der Waals surface area contributed by atoms with Crippen LogP contribution >= 0.6 is 11.3 Å². The van der Waals surface area contributed by atoms with E-state index < -0.39 is 0 Å². The molecule has 7 heteroatoms. The van der Waals surface area contributed by atoms with Crippen LogP contribution in [0.1, 0.15) is 40.2 Å². The van der Waals surface area contributed by atoms with Gasteiger partial charge in [0.1, 0.15) is 22.0 Å². The normalized spacial score (nSPS) is 11.0. The number of nitrogens with one attached hydrogen (secondary N) is 1. The van der Waals surface area contributed by atoms with Crippen LogP contribution in [0.4, 0.5) is 4.39 Å². The maximum absolute atomic E-state index is 13.9. The second kappa shape index (κ2) is 9.50. The van der Waals surface area contributed by atoms with Crippen molar-refractivity contribution in [2.45, 2.75) is 27.7 Å². The molecule has 0 spiro atoms. The fraction of sp³-hybridized carbons (Fsp3) is 0.214. The Hall–Kier alpha value is -3.71. The quantitative estimate of drug-likeness (QED) is 0.331. The van der Waals surface area contributed by atoms with E-state index in [9.17, 15) is 14.0 Å². The third kappa shape index (κ3) is 4.64. The van der Waals surface area contributed by atoms with Gasteiger partial charge in [-0.25, -0.2) is 4.39 Å². The van der Waals surface area contributed by atoms with Gasteiger partial charge in [-0.1, -0.05) is 18.2 Å². The van der Waals surface area contributed by atoms with E-state index in [1.807, 2.05) is 32.0 Å². The van der Waals surface area contributed by atoms with Crippen molar-refractivity contribution in [3.05, 3.63) is 86.9 Å². The Bertz CT molecular complexity index is 1530. The highest BCUT2D eigenvalue weighted by Gasteiger charge is 2.20. The smallest absolute Gasteiger partial charge is 0.268 e. The van der Waals surface area contributed by atoms with E-state index in [4.69, 9.17) is 4.74 Å². The Labute approximate surface area is 207 Å². The molecular formula is C28H27FN2O3S. The Balaban J connectivity index is 1.98. The average Bonchev–Trinajstić information content (AvgIpc) is 3.25. The number of allylic oxidation sites excluding steroid dienone is 1. The molecule has 1 N–H and O–H groups in total. The molecule has 0 saturated heterocycles. The number of halogens is 1. The van der Waals surface area contributed by atoms with Crippen LogP contribution in [0.25, 0.3) is 26.8 Å². The number of hydrogen-bond acceptors (Lipinski definition) is 4. The number of fused-ring (bicyclic) bond motifs is 1. The van der Waals surface area contributed by atoms with Gasteiger partial charge >= 0.3 is 0 Å². The zero-order valence-electron chi connectivity index (χ0n) is 20.4. The number of pyridine rings is 1. The monoisotopic (exact) mass is 490 g/mol. The topological polar surface area (TPSA) is 60.3 Å². The van der Waals surface area contributed by atoms with Gasteiger partial charge in [-0.3, -0.25) is 9.59 Å². The van der Waals surface area contributed by atoms with Gasteiger partial charge < -0.3 is 14.6 Å². The highest BCUT2D eigenvalue weighted by Crippen LogP contribution is 2.41. The first-order valence-electron chi connectivity index (χ1n) is 11.3. The van der Waals surface area contributed by atoms with Crippen molar-refractivity contribution in [1.29, 1.82) is 0 Å². The summed E-state index contributed by atoms with van der Waals surface area (Å²) in [6.07, 6.45) is 1.76. The molecule has 0 atom stereocenters. The maximum Gasteiger partial charge on any atom is 0.268 e. The number of carbonyl (C=O) groups excluding carboxylic acids is 1. The molecule has 0 radical (unpaired) electrons. The van der Waals surface area contributed by atoms with Crippen molar-refractivity contribution in [2.75, 3.05) is 6.54 Å². The van der Waals surface area contributed by atoms with Crippen LogP contribution in [-0.4, -0.2) is 17.0 Å². The molecule has 0 fully saturated rings. The minimum Gasteiger partial charge on any atom is -0.456 e. The van der Waals surface area contributed by atoms with Gasteiger partial charge in [0.05, 0.1) is 4.88 Å². The molecular weight excluding hydrogens is 463 g/mol. The number of aromatic nitrogens is 1. The van der Waals surface area contributed by atoms with Crippen molar-refractivity contribution in [1.82, 2.24) is 9.88 Å². The second-order valence-electron chi connectivity index (χ2n) is 8.63. The van der Waals surface area contributed by atoms with E-state index in [0.717, 1.165) is 22.3 Å². The molecule has 2 heterocycles. The van der Waals surface area contributed by atoms with Crippen LogP contribution < -0.4 is 15.6 Å². The zero-order valence-corrected chi connectivity index (χ0v) is 21.2. The summed E-state index contributed by atoms with van der Waals surface area (Å²) < 4.78 is 22.3. The third-order valence-electron chi connectivity index (χ3n) is 5.82. The minimum atomic E-state index is -0.318. The maximum atomic E-state index is 13.9. The number of rotatable bonds is 6. The van der Waals surface area contributed by atoms with Gasteiger partial charge in [0, 0.05) is 36.3 Å². The SMILES string of the molecule is C=C(C)c1ccc(Oc2c(C)cc(F)cc2C)c(-c2cn(C)c(=O)c3sc(C(=O)NCC)cc23)c1. The summed E-state index contributed by atoms with van der Waals surface area (Å²) >= 11 is 1.18. The fourth-order valence-electron chi connectivity index (χ4n) is 4.07. The van der Waals surface area contributed by atoms with E-state index >= 15 is 0 Å². The van der Waals surface area contributed by atoms with Gasteiger partial charge in [-0.05, 0) is 74.7 Å². The van der Waals surface area contributed by atoms with E-state index in [2.05, 4.69) is 11.9 Å². The summed E-state index contributed by atoms with van der Waals surface area (Å²) in [5.41, 5.74) is 4.48. The number of benzene rings is 2. The molecule has 2 aromatic heterocycles. The Kier molecular flexibility index (Phi) is 6.63. The van der Waals surface area contributed by atoms with Gasteiger partial charge in [-0.2, -0.15) is 0 Å². The molecule has 0 aliphatic carbocycles. The highest BCUT2D eigenvalue weighted by molar-refractivity contribution is 7.20. The molecule has 0 saturated carbocycles. The first kappa shape index (κ1) is 24.4. The number of nitrogens with zero attached hydrogens (tertiary/aromatic N) is 1. The first-order chi connectivity index (χ1) is 16.6. The minimum absolute atomic E-state index is 0.173. The number of ether oxygens (including phenoxy) is 1. The molecule has 5 nitrogen and oxygen atoms in total. The van der Waals surface area contributed by atoms with Gasteiger partial charge in [0.25, 0.3) is 11.5 Å². The lowest BCUT2D eigenvalue weighted by Crippen LogP contribution is -2.21. The van der Waals surface area contributed by atoms with Gasteiger partial charge in [0.2, 0.25) is 0 Å². The summed E-state index contributed by atoms with van der Waals surface area (Å²) in [6.45, 7) is 11.9. The summed E-state index contributed by atoms with van der Waals surface area (Å²) in [5, 5.41) is 3.47. The summed E-state index contributed by atoms with van der Waals surface area (Å²) in [7, 11) is 1.69. The molecule has 180 valence electrons. The van der Waals surface area contributed by atoms with Crippen molar-refractivity contribution in [3.63, 3.8) is 0 Å². The lowest BCUT2D eigenvalue weighted by molar-refractivity contribution is 0.0960. The largest absolute Gasteiger partial charge is 0.456 e. The predicted octanol–water partition coefficient (Wildman–Crippen LogP) is 6.60. The Morgan fingerprint density at radius 2 is 1.83 bits per heavy atom. The predicted molar refractivity (Wildman–Crippen MR) is 141 cm³/mol. The lowest BCUT2D eigenvalue weighted by atomic mass is 9.98. The van der Waals surface area contributed by atoms with Gasteiger partial charge in [0.15, 0.2) is 0 Å². The summed E-state index contributed by atoms with van der Waals surface area (Å²) in [5.74, 6) is 0.594. The number of hydrogen-bond donors (Lipinski definition) is 1. The van der Waals surface area contributed by atoms with E-state index in [1.165, 1.54) is 28.0 Å². The van der Waals surface area contributed by atoms with Crippen LogP contribution in [0.3, 0.4) is 0 Å². The molecule has 0 unspecified atom stereocenters. The second-order valence-corrected chi connectivity index (χ2v) is 9.69. The van der Waals surface area contributed by atoms with Crippen molar-refractivity contribution < 1.29 is 13.9 Å². The highest BCUT2D eigenvalue weighted by atomic mass is 32.1. The van der Waals surface area contributed by atoms with Gasteiger partial charge in [-0.15, -0.1) is 11.3 Å². The molecule has 0 aliphatic heterocycles. The molecule has 2 aromatic carbocycles. The van der Waals surface area contributed by atoms with E-state index in [1.54, 1.807) is 33.2 Å². The number of aryl methyl sites for hydroxylation is 3. The van der Waals surface area contributed by atoms with Crippen LogP contribution in [0.2, 0.25) is 0 Å². The number of thiophene rings is 1. The Morgan fingerprint density at radius 3 is 2.46 bits per heavy atom. The molecule has 4 aromatic rings. The molecule has 4 rings (SSSR count). The zero-order chi connectivity index (χ0) is 25.4. The van der Waals surface area contributed by atoms with Crippen molar-refractivity contribution >= 4 is 32.9 Å².